The lowest BCUT2D eigenvalue weighted by molar-refractivity contribution is -0.402. The fourth-order valence-electron chi connectivity index (χ4n) is 4.13. The third kappa shape index (κ3) is 6.68. The maximum Gasteiger partial charge on any atom is 0.368 e. The third-order valence-corrected chi connectivity index (χ3v) is 5.82. The van der Waals surface area contributed by atoms with Gasteiger partial charge in [0.2, 0.25) is 0 Å². The first-order valence-corrected chi connectivity index (χ1v) is 11.5. The molecule has 7 heteroatoms. The topological polar surface area (TPSA) is 85.6 Å². The van der Waals surface area contributed by atoms with Gasteiger partial charge in [0, 0.05) is 43.1 Å². The van der Waals surface area contributed by atoms with Crippen molar-refractivity contribution in [2.45, 2.75) is 33.1 Å². The minimum atomic E-state index is -1.75. The monoisotopic (exact) mass is 449 g/mol. The molecule has 0 aliphatic carbocycles. The van der Waals surface area contributed by atoms with Gasteiger partial charge >= 0.3 is 5.55 Å². The van der Waals surface area contributed by atoms with E-state index in [9.17, 15) is 0 Å². The predicted molar refractivity (Wildman–Crippen MR) is 134 cm³/mol. The summed E-state index contributed by atoms with van der Waals surface area (Å²) in [7, 11) is 0. The molecule has 0 bridgehead atoms. The van der Waals surface area contributed by atoms with Crippen LogP contribution in [0.4, 0.5) is 5.69 Å². The highest BCUT2D eigenvalue weighted by Gasteiger charge is 2.15. The van der Waals surface area contributed by atoms with Gasteiger partial charge in [-0.1, -0.05) is 42.5 Å². The Morgan fingerprint density at radius 3 is 2.27 bits per heavy atom. The molecule has 4 rings (SSSR count). The molecule has 0 saturated carbocycles. The van der Waals surface area contributed by atoms with Gasteiger partial charge in [-0.25, -0.2) is 0 Å². The van der Waals surface area contributed by atoms with Crippen LogP contribution in [-0.2, 0) is 0 Å². The zero-order valence-electron chi connectivity index (χ0n) is 19.3. The van der Waals surface area contributed by atoms with Crippen molar-refractivity contribution < 1.29 is 9.50 Å². The fraction of sp³-hybridized carbons (Fsp3) is 0.346. The van der Waals surface area contributed by atoms with Gasteiger partial charge in [-0.05, 0) is 43.5 Å². The molecule has 1 aliphatic heterocycles. The van der Waals surface area contributed by atoms with Crippen molar-refractivity contribution >= 4 is 28.8 Å². The van der Waals surface area contributed by atoms with Crippen molar-refractivity contribution in [1.82, 2.24) is 4.58 Å². The number of hydrogen-bond acceptors (Lipinski definition) is 5. The van der Waals surface area contributed by atoms with Crippen molar-refractivity contribution in [2.24, 2.45) is 0 Å². The van der Waals surface area contributed by atoms with Gasteiger partial charge in [-0.15, -0.1) is 0 Å². The van der Waals surface area contributed by atoms with Gasteiger partial charge in [0.15, 0.2) is 0 Å². The van der Waals surface area contributed by atoms with Crippen molar-refractivity contribution in [3.05, 3.63) is 86.6 Å². The smallest absolute Gasteiger partial charge is 0.368 e. The van der Waals surface area contributed by atoms with Crippen molar-refractivity contribution in [3.8, 4) is 0 Å². The van der Waals surface area contributed by atoms with Gasteiger partial charge in [-0.2, -0.15) is 4.58 Å². The standard InChI is InChI=1S/C26H31N2O.NO3/c1-3-27(4-2)23-15-16-24-22(14-13-21-11-7-5-8-12-21)19-26(29-25(24)20-23)28-17-9-6-10-18-28;2-1(3)4/h5,7-8,11-16,19-20H,3-4,6,9-10,17-18H2,1-2H3;/q+1;-1. The summed E-state index contributed by atoms with van der Waals surface area (Å²) in [4.78, 5) is 10.6. The maximum absolute atomic E-state index is 8.25. The van der Waals surface area contributed by atoms with Crippen molar-refractivity contribution in [1.29, 1.82) is 0 Å². The maximum atomic E-state index is 8.25. The second kappa shape index (κ2) is 11.9. The Hall–Kier alpha value is -3.61. The van der Waals surface area contributed by atoms with Crippen LogP contribution in [0.15, 0.2) is 59.0 Å². The fourth-order valence-corrected chi connectivity index (χ4v) is 4.13. The molecule has 2 aromatic carbocycles. The number of piperidine rings is 1. The highest BCUT2D eigenvalue weighted by molar-refractivity contribution is 5.91. The number of benzene rings is 2. The Bertz CT molecular complexity index is 1150. The van der Waals surface area contributed by atoms with Crippen LogP contribution >= 0.6 is 0 Å². The highest BCUT2D eigenvalue weighted by Crippen LogP contribution is 2.25. The molecular weight excluding hydrogens is 418 g/mol. The van der Waals surface area contributed by atoms with E-state index in [2.05, 4.69) is 90.1 Å². The van der Waals surface area contributed by atoms with Crippen LogP contribution in [0.25, 0.3) is 23.1 Å². The average molecular weight is 450 g/mol. The molecule has 33 heavy (non-hydrogen) atoms. The summed E-state index contributed by atoms with van der Waals surface area (Å²) in [6.45, 7) is 8.54. The minimum absolute atomic E-state index is 0.963. The molecule has 7 nitrogen and oxygen atoms in total. The Morgan fingerprint density at radius 2 is 1.64 bits per heavy atom. The van der Waals surface area contributed by atoms with Crippen molar-refractivity contribution in [2.75, 3.05) is 31.1 Å². The van der Waals surface area contributed by atoms with E-state index in [4.69, 9.17) is 19.7 Å². The summed E-state index contributed by atoms with van der Waals surface area (Å²) in [6, 6.07) is 19.3. The Balaban J connectivity index is 0.000000709. The number of rotatable bonds is 5. The Kier molecular flexibility index (Phi) is 8.63. The molecule has 0 N–H and O–H groups in total. The molecule has 0 spiro atoms. The van der Waals surface area contributed by atoms with E-state index in [0.717, 1.165) is 42.7 Å². The molecule has 0 unspecified atom stereocenters. The summed E-state index contributed by atoms with van der Waals surface area (Å²) in [6.07, 6.45) is 8.20. The second-order valence-corrected chi connectivity index (χ2v) is 7.91. The lowest BCUT2D eigenvalue weighted by atomic mass is 10.1. The number of anilines is 1. The van der Waals surface area contributed by atoms with Gasteiger partial charge < -0.3 is 24.6 Å². The molecule has 0 amide bonds. The first-order chi connectivity index (χ1) is 16.0. The highest BCUT2D eigenvalue weighted by atomic mass is 16.9. The predicted octanol–water partition coefficient (Wildman–Crippen LogP) is 5.17. The Morgan fingerprint density at radius 1 is 0.970 bits per heavy atom. The zero-order chi connectivity index (χ0) is 23.6. The van der Waals surface area contributed by atoms with Crippen LogP contribution in [0.2, 0.25) is 0 Å². The summed E-state index contributed by atoms with van der Waals surface area (Å²) in [5.74, 6) is 0. The van der Waals surface area contributed by atoms with Crippen LogP contribution < -0.4 is 15.0 Å². The van der Waals surface area contributed by atoms with E-state index in [1.54, 1.807) is 0 Å². The van der Waals surface area contributed by atoms with Crippen LogP contribution in [0.3, 0.4) is 0 Å². The number of hydrogen-bond donors (Lipinski definition) is 0. The quantitative estimate of drug-likeness (QED) is 0.305. The largest absolute Gasteiger partial charge is 0.405 e. The third-order valence-electron chi connectivity index (χ3n) is 5.82. The molecule has 1 saturated heterocycles. The van der Waals surface area contributed by atoms with E-state index in [1.807, 2.05) is 0 Å². The van der Waals surface area contributed by atoms with Gasteiger partial charge in [-0.3, -0.25) is 0 Å². The van der Waals surface area contributed by atoms with Gasteiger partial charge in [0.25, 0.3) is 0 Å². The average Bonchev–Trinajstić information content (AvgIpc) is 2.84. The lowest BCUT2D eigenvalue weighted by Gasteiger charge is -2.21. The van der Waals surface area contributed by atoms with Gasteiger partial charge in [0.05, 0.1) is 11.2 Å². The first kappa shape index (κ1) is 24.0. The van der Waals surface area contributed by atoms with E-state index < -0.39 is 5.09 Å². The normalized spacial score (nSPS) is 13.6. The minimum Gasteiger partial charge on any atom is -0.405 e. The summed E-state index contributed by atoms with van der Waals surface area (Å²) < 4.78 is 8.83. The molecule has 2 heterocycles. The molecule has 0 atom stereocenters. The van der Waals surface area contributed by atoms with Crippen LogP contribution in [0.1, 0.15) is 44.2 Å². The van der Waals surface area contributed by atoms with E-state index in [0.29, 0.717) is 0 Å². The van der Waals surface area contributed by atoms with Gasteiger partial charge in [0.1, 0.15) is 18.7 Å². The molecular formula is C26H31N3O4. The molecule has 1 aromatic heterocycles. The molecule has 0 radical (unpaired) electrons. The van der Waals surface area contributed by atoms with E-state index in [-0.39, 0.29) is 0 Å². The van der Waals surface area contributed by atoms with Crippen LogP contribution in [0.5, 0.6) is 0 Å². The van der Waals surface area contributed by atoms with Crippen LogP contribution in [0, 0.1) is 15.3 Å². The summed E-state index contributed by atoms with van der Waals surface area (Å²) >= 11 is 0. The lowest BCUT2D eigenvalue weighted by Crippen LogP contribution is -2.34. The molecule has 1 aliphatic rings. The first-order valence-electron chi connectivity index (χ1n) is 11.5. The molecule has 174 valence electrons. The number of fused-ring (bicyclic) bond motifs is 1. The SMILES string of the molecule is CCN(CC)c1ccc2c(C=Cc3ccccc3)cc(=[N+]3CCCCC3)oc2c1.O=[N+]([O-])[O-]. The summed E-state index contributed by atoms with van der Waals surface area (Å²) in [5.41, 5.74) is 5.59. The second-order valence-electron chi connectivity index (χ2n) is 7.91. The summed E-state index contributed by atoms with van der Waals surface area (Å²) in [5, 5.41) is 15.9. The van der Waals surface area contributed by atoms with E-state index in [1.165, 1.54) is 36.1 Å². The molecule has 1 fully saturated rings. The molecule has 3 aromatic rings. The Labute approximate surface area is 194 Å². The number of nitrogens with zero attached hydrogens (tertiary/aromatic N) is 3. The van der Waals surface area contributed by atoms with Crippen molar-refractivity contribution in [3.63, 3.8) is 0 Å². The van der Waals surface area contributed by atoms with Crippen LogP contribution in [-0.4, -0.2) is 31.3 Å². The van der Waals surface area contributed by atoms with E-state index >= 15 is 0 Å². The zero-order valence-corrected chi connectivity index (χ0v) is 19.3.